The standard InChI is InChI=1S/C18H27NO3/c1-4-14-9-5-8-12-17(14)22-13(2)18(21)19(3)15-10-6-7-11-16(15)20/h5,8-9,12-13,15-16,20H,4,6-7,10-11H2,1-3H3/t13-,15+,16+/m1/s1. The maximum atomic E-state index is 12.6. The second kappa shape index (κ2) is 7.63. The van der Waals surface area contributed by atoms with Crippen molar-refractivity contribution in [2.45, 2.75) is 64.2 Å². The number of likely N-dealkylation sites (N-methyl/N-ethyl adjacent to an activating group) is 1. The van der Waals surface area contributed by atoms with Gasteiger partial charge in [0.05, 0.1) is 12.1 Å². The van der Waals surface area contributed by atoms with Gasteiger partial charge in [-0.3, -0.25) is 4.79 Å². The molecule has 122 valence electrons. The maximum absolute atomic E-state index is 12.6. The van der Waals surface area contributed by atoms with Crippen LogP contribution in [0.5, 0.6) is 5.75 Å². The van der Waals surface area contributed by atoms with Crippen LogP contribution in [0.3, 0.4) is 0 Å². The van der Waals surface area contributed by atoms with Crippen LogP contribution in [0.1, 0.15) is 45.1 Å². The zero-order chi connectivity index (χ0) is 16.1. The second-order valence-corrected chi connectivity index (χ2v) is 6.09. The van der Waals surface area contributed by atoms with Crippen LogP contribution in [0.15, 0.2) is 24.3 Å². The highest BCUT2D eigenvalue weighted by molar-refractivity contribution is 5.81. The number of amides is 1. The van der Waals surface area contributed by atoms with Crippen LogP contribution in [0.4, 0.5) is 0 Å². The molecule has 0 heterocycles. The molecule has 0 radical (unpaired) electrons. The fourth-order valence-electron chi connectivity index (χ4n) is 3.15. The van der Waals surface area contributed by atoms with Gasteiger partial charge in [0.1, 0.15) is 5.75 Å². The highest BCUT2D eigenvalue weighted by Crippen LogP contribution is 2.24. The average molecular weight is 305 g/mol. The van der Waals surface area contributed by atoms with Crippen molar-refractivity contribution in [3.05, 3.63) is 29.8 Å². The first-order valence-electron chi connectivity index (χ1n) is 8.24. The van der Waals surface area contributed by atoms with Gasteiger partial charge in [-0.15, -0.1) is 0 Å². The Morgan fingerprint density at radius 1 is 1.36 bits per heavy atom. The van der Waals surface area contributed by atoms with Gasteiger partial charge in [-0.1, -0.05) is 38.0 Å². The predicted octanol–water partition coefficient (Wildman–Crippen LogP) is 2.78. The molecule has 0 aliphatic heterocycles. The Morgan fingerprint density at radius 3 is 2.73 bits per heavy atom. The van der Waals surface area contributed by atoms with Gasteiger partial charge in [0.2, 0.25) is 0 Å². The smallest absolute Gasteiger partial charge is 0.263 e. The Hall–Kier alpha value is -1.55. The Balaban J connectivity index is 2.02. The van der Waals surface area contributed by atoms with Gasteiger partial charge < -0.3 is 14.7 Å². The number of carbonyl (C=O) groups excluding carboxylic acids is 1. The van der Waals surface area contributed by atoms with E-state index in [1.54, 1.807) is 18.9 Å². The Kier molecular flexibility index (Phi) is 5.83. The lowest BCUT2D eigenvalue weighted by Crippen LogP contribution is -2.50. The van der Waals surface area contributed by atoms with Gasteiger partial charge >= 0.3 is 0 Å². The minimum Gasteiger partial charge on any atom is -0.481 e. The molecule has 0 spiro atoms. The third-order valence-corrected chi connectivity index (χ3v) is 4.54. The molecular weight excluding hydrogens is 278 g/mol. The lowest BCUT2D eigenvalue weighted by Gasteiger charge is -2.36. The van der Waals surface area contributed by atoms with Crippen LogP contribution in [0, 0.1) is 0 Å². The Bertz CT molecular complexity index is 503. The molecule has 1 aromatic carbocycles. The maximum Gasteiger partial charge on any atom is 0.263 e. The highest BCUT2D eigenvalue weighted by atomic mass is 16.5. The number of para-hydroxylation sites is 1. The van der Waals surface area contributed by atoms with Crippen LogP contribution in [-0.2, 0) is 11.2 Å². The molecule has 4 heteroatoms. The second-order valence-electron chi connectivity index (χ2n) is 6.09. The van der Waals surface area contributed by atoms with Crippen LogP contribution in [-0.4, -0.2) is 41.2 Å². The SMILES string of the molecule is CCc1ccccc1O[C@H](C)C(=O)N(C)[C@H]1CCCC[C@@H]1O. The molecule has 0 bridgehead atoms. The summed E-state index contributed by atoms with van der Waals surface area (Å²) in [4.78, 5) is 14.3. The van der Waals surface area contributed by atoms with Crippen LogP contribution in [0.2, 0.25) is 0 Å². The molecule has 22 heavy (non-hydrogen) atoms. The molecule has 0 saturated heterocycles. The molecule has 3 atom stereocenters. The average Bonchev–Trinajstić information content (AvgIpc) is 2.54. The molecule has 1 aliphatic carbocycles. The Morgan fingerprint density at radius 2 is 2.05 bits per heavy atom. The number of aliphatic hydroxyl groups is 1. The van der Waals surface area contributed by atoms with E-state index in [9.17, 15) is 9.90 Å². The highest BCUT2D eigenvalue weighted by Gasteiger charge is 2.32. The zero-order valence-electron chi connectivity index (χ0n) is 13.8. The first-order valence-corrected chi connectivity index (χ1v) is 8.24. The van der Waals surface area contributed by atoms with Crippen molar-refractivity contribution >= 4 is 5.91 Å². The van der Waals surface area contributed by atoms with Crippen LogP contribution in [0.25, 0.3) is 0 Å². The lowest BCUT2D eigenvalue weighted by molar-refractivity contribution is -0.142. The molecule has 1 aromatic rings. The topological polar surface area (TPSA) is 49.8 Å². The molecule has 4 nitrogen and oxygen atoms in total. The van der Waals surface area contributed by atoms with Gasteiger partial charge in [0, 0.05) is 7.05 Å². The van der Waals surface area contributed by atoms with E-state index in [0.717, 1.165) is 43.4 Å². The Labute approximate surface area is 133 Å². The lowest BCUT2D eigenvalue weighted by atomic mass is 9.91. The summed E-state index contributed by atoms with van der Waals surface area (Å²) in [6.45, 7) is 3.85. The fraction of sp³-hybridized carbons (Fsp3) is 0.611. The molecular formula is C18H27NO3. The van der Waals surface area contributed by atoms with Crippen LogP contribution < -0.4 is 4.74 Å². The van der Waals surface area contributed by atoms with E-state index in [4.69, 9.17) is 4.74 Å². The third-order valence-electron chi connectivity index (χ3n) is 4.54. The summed E-state index contributed by atoms with van der Waals surface area (Å²) in [6, 6.07) is 7.72. The minimum absolute atomic E-state index is 0.0724. The molecule has 1 saturated carbocycles. The first kappa shape index (κ1) is 16.8. The van der Waals surface area contributed by atoms with E-state index >= 15 is 0 Å². The van der Waals surface area contributed by atoms with Crippen molar-refractivity contribution in [2.75, 3.05) is 7.05 Å². The summed E-state index contributed by atoms with van der Waals surface area (Å²) in [5, 5.41) is 10.1. The number of rotatable bonds is 5. The van der Waals surface area contributed by atoms with Crippen molar-refractivity contribution in [1.29, 1.82) is 0 Å². The number of nitrogens with zero attached hydrogens (tertiary/aromatic N) is 1. The van der Waals surface area contributed by atoms with Gasteiger partial charge in [0.25, 0.3) is 5.91 Å². The summed E-state index contributed by atoms with van der Waals surface area (Å²) >= 11 is 0. The third kappa shape index (κ3) is 3.80. The van der Waals surface area contributed by atoms with E-state index in [0.29, 0.717) is 0 Å². The number of aryl methyl sites for hydroxylation is 1. The molecule has 1 amide bonds. The van der Waals surface area contributed by atoms with E-state index in [1.807, 2.05) is 24.3 Å². The van der Waals surface area contributed by atoms with Crippen molar-refractivity contribution < 1.29 is 14.6 Å². The largest absolute Gasteiger partial charge is 0.481 e. The number of carbonyl (C=O) groups is 1. The van der Waals surface area contributed by atoms with Crippen molar-refractivity contribution in [3.8, 4) is 5.75 Å². The molecule has 1 aliphatic rings. The quantitative estimate of drug-likeness (QED) is 0.910. The van der Waals surface area contributed by atoms with E-state index < -0.39 is 12.2 Å². The number of aliphatic hydroxyl groups excluding tert-OH is 1. The summed E-state index contributed by atoms with van der Waals surface area (Å²) < 4.78 is 5.87. The van der Waals surface area contributed by atoms with E-state index in [2.05, 4.69) is 6.92 Å². The van der Waals surface area contributed by atoms with Crippen molar-refractivity contribution in [2.24, 2.45) is 0 Å². The first-order chi connectivity index (χ1) is 10.5. The molecule has 0 unspecified atom stereocenters. The predicted molar refractivity (Wildman–Crippen MR) is 86.9 cm³/mol. The number of ether oxygens (including phenoxy) is 1. The number of hydrogen-bond acceptors (Lipinski definition) is 3. The van der Waals surface area contributed by atoms with Crippen molar-refractivity contribution in [1.82, 2.24) is 4.90 Å². The molecule has 0 aromatic heterocycles. The fourth-order valence-corrected chi connectivity index (χ4v) is 3.15. The summed E-state index contributed by atoms with van der Waals surface area (Å²) in [7, 11) is 1.77. The number of hydrogen-bond donors (Lipinski definition) is 1. The molecule has 1 fully saturated rings. The van der Waals surface area contributed by atoms with Gasteiger partial charge in [0.15, 0.2) is 6.10 Å². The summed E-state index contributed by atoms with van der Waals surface area (Å²) in [6.07, 6.45) is 3.64. The summed E-state index contributed by atoms with van der Waals surface area (Å²) in [5.74, 6) is 0.695. The normalized spacial score (nSPS) is 22.9. The van der Waals surface area contributed by atoms with E-state index in [-0.39, 0.29) is 11.9 Å². The molecule has 1 N–H and O–H groups in total. The van der Waals surface area contributed by atoms with Crippen LogP contribution >= 0.6 is 0 Å². The van der Waals surface area contributed by atoms with E-state index in [1.165, 1.54) is 0 Å². The molecule has 2 rings (SSSR count). The monoisotopic (exact) mass is 305 g/mol. The zero-order valence-corrected chi connectivity index (χ0v) is 13.8. The van der Waals surface area contributed by atoms with Crippen molar-refractivity contribution in [3.63, 3.8) is 0 Å². The number of benzene rings is 1. The van der Waals surface area contributed by atoms with Gasteiger partial charge in [-0.05, 0) is 37.8 Å². The minimum atomic E-state index is -0.549. The van der Waals surface area contributed by atoms with Gasteiger partial charge in [-0.2, -0.15) is 0 Å². The van der Waals surface area contributed by atoms with Gasteiger partial charge in [-0.25, -0.2) is 0 Å². The summed E-state index contributed by atoms with van der Waals surface area (Å²) in [5.41, 5.74) is 1.10.